The van der Waals surface area contributed by atoms with Crippen LogP contribution in [0, 0.1) is 13.8 Å². The van der Waals surface area contributed by atoms with Gasteiger partial charge in [0.25, 0.3) is 5.91 Å². The van der Waals surface area contributed by atoms with Crippen LogP contribution in [0.25, 0.3) is 0 Å². The van der Waals surface area contributed by atoms with Crippen molar-refractivity contribution in [2.24, 2.45) is 0 Å². The molecule has 28 heavy (non-hydrogen) atoms. The Labute approximate surface area is 174 Å². The van der Waals surface area contributed by atoms with Gasteiger partial charge in [0.15, 0.2) is 0 Å². The van der Waals surface area contributed by atoms with Crippen LogP contribution in [0.2, 0.25) is 10.0 Å². The van der Waals surface area contributed by atoms with E-state index in [-0.39, 0.29) is 28.6 Å². The van der Waals surface area contributed by atoms with Gasteiger partial charge in [-0.1, -0.05) is 29.3 Å². The molecule has 0 bridgehead atoms. The van der Waals surface area contributed by atoms with Crippen LogP contribution in [0.1, 0.15) is 21.5 Å². The minimum Gasteiger partial charge on any atom is -0.379 e. The fourth-order valence-corrected chi connectivity index (χ4v) is 5.30. The summed E-state index contributed by atoms with van der Waals surface area (Å²) in [5.74, 6) is -0.469. The van der Waals surface area contributed by atoms with Gasteiger partial charge in [-0.25, -0.2) is 8.42 Å². The van der Waals surface area contributed by atoms with Gasteiger partial charge in [-0.2, -0.15) is 4.31 Å². The molecule has 9 heteroatoms. The molecule has 1 aliphatic rings. The summed E-state index contributed by atoms with van der Waals surface area (Å²) < 4.78 is 32.4. The van der Waals surface area contributed by atoms with E-state index in [0.29, 0.717) is 23.9 Å². The van der Waals surface area contributed by atoms with Crippen molar-refractivity contribution in [3.63, 3.8) is 0 Å². The van der Waals surface area contributed by atoms with Crippen molar-refractivity contribution in [1.29, 1.82) is 0 Å². The lowest BCUT2D eigenvalue weighted by atomic mass is 10.1. The van der Waals surface area contributed by atoms with Crippen molar-refractivity contribution in [2.75, 3.05) is 31.6 Å². The molecule has 1 fully saturated rings. The smallest absolute Gasteiger partial charge is 0.255 e. The number of anilines is 1. The van der Waals surface area contributed by atoms with E-state index in [1.54, 1.807) is 6.07 Å². The number of hydrogen-bond donors (Lipinski definition) is 1. The van der Waals surface area contributed by atoms with Crippen LogP contribution in [0.3, 0.4) is 0 Å². The summed E-state index contributed by atoms with van der Waals surface area (Å²) in [4.78, 5) is 12.6. The maximum absolute atomic E-state index is 12.9. The number of rotatable bonds is 4. The molecule has 150 valence electrons. The zero-order valence-corrected chi connectivity index (χ0v) is 17.8. The number of sulfonamides is 1. The third-order valence-electron chi connectivity index (χ3n) is 4.45. The Balaban J connectivity index is 1.92. The molecule has 1 heterocycles. The Hall–Kier alpha value is -1.64. The molecule has 0 atom stereocenters. The lowest BCUT2D eigenvalue weighted by molar-refractivity contribution is 0.0730. The van der Waals surface area contributed by atoms with Crippen LogP contribution in [0.15, 0.2) is 35.2 Å². The highest BCUT2D eigenvalue weighted by atomic mass is 35.5. The fourth-order valence-electron chi connectivity index (χ4n) is 3.03. The molecule has 2 aromatic carbocycles. The number of halogens is 2. The van der Waals surface area contributed by atoms with E-state index in [9.17, 15) is 13.2 Å². The predicted molar refractivity (Wildman–Crippen MR) is 110 cm³/mol. The van der Waals surface area contributed by atoms with Gasteiger partial charge in [0.1, 0.15) is 4.90 Å². The number of nitrogens with zero attached hydrogens (tertiary/aromatic N) is 1. The Morgan fingerprint density at radius 2 is 1.75 bits per heavy atom. The Morgan fingerprint density at radius 1 is 1.07 bits per heavy atom. The third kappa shape index (κ3) is 4.34. The van der Waals surface area contributed by atoms with Crippen molar-refractivity contribution in [3.8, 4) is 0 Å². The van der Waals surface area contributed by atoms with E-state index in [0.717, 1.165) is 11.1 Å². The zero-order valence-electron chi connectivity index (χ0n) is 15.5. The van der Waals surface area contributed by atoms with Crippen molar-refractivity contribution in [3.05, 3.63) is 57.1 Å². The van der Waals surface area contributed by atoms with Crippen molar-refractivity contribution in [1.82, 2.24) is 4.31 Å². The molecular weight excluding hydrogens is 423 g/mol. The summed E-state index contributed by atoms with van der Waals surface area (Å²) in [7, 11) is -3.83. The first-order valence-electron chi connectivity index (χ1n) is 8.65. The lowest BCUT2D eigenvalue weighted by Crippen LogP contribution is -2.40. The normalized spacial score (nSPS) is 15.4. The van der Waals surface area contributed by atoms with Crippen LogP contribution >= 0.6 is 23.2 Å². The molecule has 1 aliphatic heterocycles. The topological polar surface area (TPSA) is 75.7 Å². The van der Waals surface area contributed by atoms with Crippen molar-refractivity contribution >= 4 is 44.8 Å². The molecule has 0 aromatic heterocycles. The molecule has 2 aromatic rings. The summed E-state index contributed by atoms with van der Waals surface area (Å²) >= 11 is 12.4. The summed E-state index contributed by atoms with van der Waals surface area (Å²) in [6.07, 6.45) is 0. The highest BCUT2D eigenvalue weighted by Gasteiger charge is 2.29. The number of aryl methyl sites for hydroxylation is 2. The highest BCUT2D eigenvalue weighted by molar-refractivity contribution is 7.89. The van der Waals surface area contributed by atoms with Gasteiger partial charge in [-0.05, 0) is 49.2 Å². The van der Waals surface area contributed by atoms with E-state index >= 15 is 0 Å². The zero-order chi connectivity index (χ0) is 20.5. The number of hydrogen-bond acceptors (Lipinski definition) is 4. The monoisotopic (exact) mass is 442 g/mol. The van der Waals surface area contributed by atoms with E-state index in [1.165, 1.54) is 22.5 Å². The number of carbonyl (C=O) groups excluding carboxylic acids is 1. The Morgan fingerprint density at radius 3 is 2.39 bits per heavy atom. The quantitative estimate of drug-likeness (QED) is 0.778. The maximum atomic E-state index is 12.9. The second kappa shape index (κ2) is 8.39. The number of ether oxygens (including phenoxy) is 1. The average molecular weight is 443 g/mol. The summed E-state index contributed by atoms with van der Waals surface area (Å²) in [5.41, 5.74) is 2.46. The first kappa shape index (κ1) is 21.1. The first-order chi connectivity index (χ1) is 13.2. The summed E-state index contributed by atoms with van der Waals surface area (Å²) in [5, 5.41) is 3.24. The van der Waals surface area contributed by atoms with Crippen LogP contribution in [-0.4, -0.2) is 44.9 Å². The van der Waals surface area contributed by atoms with E-state index in [4.69, 9.17) is 27.9 Å². The number of nitrogens with one attached hydrogen (secondary N) is 1. The van der Waals surface area contributed by atoms with Gasteiger partial charge in [0.2, 0.25) is 10.0 Å². The van der Waals surface area contributed by atoms with Crippen LogP contribution < -0.4 is 5.32 Å². The second-order valence-corrected chi connectivity index (χ2v) is 9.28. The molecule has 3 rings (SSSR count). The average Bonchev–Trinajstić information content (AvgIpc) is 2.65. The standard InChI is InChI=1S/C19H20Cl2N2O4S/c1-12-9-13(2)18(16(21)10-12)22-19(24)14-3-4-15(20)17(11-14)28(25,26)23-5-7-27-8-6-23/h3-4,9-11H,5-8H2,1-2H3,(H,22,24). The van der Waals surface area contributed by atoms with Crippen LogP contribution in [0.5, 0.6) is 0 Å². The minimum atomic E-state index is -3.83. The molecule has 0 spiro atoms. The van der Waals surface area contributed by atoms with Gasteiger partial charge in [0, 0.05) is 18.7 Å². The van der Waals surface area contributed by atoms with Gasteiger partial charge in [-0.15, -0.1) is 0 Å². The van der Waals surface area contributed by atoms with E-state index in [2.05, 4.69) is 5.32 Å². The molecule has 1 amide bonds. The molecule has 0 aliphatic carbocycles. The van der Waals surface area contributed by atoms with Crippen LogP contribution in [0.4, 0.5) is 5.69 Å². The fraction of sp³-hybridized carbons (Fsp3) is 0.316. The molecule has 0 unspecified atom stereocenters. The van der Waals surface area contributed by atoms with Crippen molar-refractivity contribution < 1.29 is 17.9 Å². The molecule has 6 nitrogen and oxygen atoms in total. The SMILES string of the molecule is Cc1cc(C)c(NC(=O)c2ccc(Cl)c(S(=O)(=O)N3CCOCC3)c2)c(Cl)c1. The van der Waals surface area contributed by atoms with Gasteiger partial charge in [0.05, 0.1) is 28.9 Å². The lowest BCUT2D eigenvalue weighted by Gasteiger charge is -2.26. The van der Waals surface area contributed by atoms with Gasteiger partial charge < -0.3 is 10.1 Å². The van der Waals surface area contributed by atoms with E-state index in [1.807, 2.05) is 19.9 Å². The summed E-state index contributed by atoms with van der Waals surface area (Å²) in [6, 6.07) is 7.83. The maximum Gasteiger partial charge on any atom is 0.255 e. The second-order valence-electron chi connectivity index (χ2n) is 6.55. The Kier molecular flexibility index (Phi) is 6.31. The minimum absolute atomic E-state index is 0.0626. The molecule has 1 saturated heterocycles. The number of carbonyl (C=O) groups is 1. The molecule has 0 radical (unpaired) electrons. The van der Waals surface area contributed by atoms with Gasteiger partial charge in [-0.3, -0.25) is 4.79 Å². The van der Waals surface area contributed by atoms with E-state index < -0.39 is 15.9 Å². The highest BCUT2D eigenvalue weighted by Crippen LogP contribution is 2.30. The molecule has 1 N–H and O–H groups in total. The third-order valence-corrected chi connectivity index (χ3v) is 7.13. The number of morpholine rings is 1. The van der Waals surface area contributed by atoms with Crippen molar-refractivity contribution in [2.45, 2.75) is 18.7 Å². The van der Waals surface area contributed by atoms with Gasteiger partial charge >= 0.3 is 0 Å². The molecule has 0 saturated carbocycles. The first-order valence-corrected chi connectivity index (χ1v) is 10.9. The molecular formula is C19H20Cl2N2O4S. The predicted octanol–water partition coefficient (Wildman–Crippen LogP) is 3.88. The number of benzene rings is 2. The Bertz CT molecular complexity index is 996. The van der Waals surface area contributed by atoms with Crippen LogP contribution in [-0.2, 0) is 14.8 Å². The largest absolute Gasteiger partial charge is 0.379 e. The number of amides is 1. The summed E-state index contributed by atoms with van der Waals surface area (Å²) in [6.45, 7) is 4.88.